The highest BCUT2D eigenvalue weighted by Gasteiger charge is 2.32. The molecule has 3 aromatic heterocycles. The summed E-state index contributed by atoms with van der Waals surface area (Å²) in [5.74, 6) is -0.443. The first-order valence-electron chi connectivity index (χ1n) is 22.9. The highest BCUT2D eigenvalue weighted by Crippen LogP contribution is 2.43. The lowest BCUT2D eigenvalue weighted by Crippen LogP contribution is -2.52. The third-order valence-corrected chi connectivity index (χ3v) is 15.6. The zero-order valence-electron chi connectivity index (χ0n) is 37.3. The lowest BCUT2D eigenvalue weighted by atomic mass is 9.72. The van der Waals surface area contributed by atoms with Gasteiger partial charge in [-0.05, 0) is 134 Å². The van der Waals surface area contributed by atoms with Gasteiger partial charge in [0.15, 0.2) is 0 Å². The summed E-state index contributed by atoms with van der Waals surface area (Å²) in [7, 11) is -4.45. The number of fused-ring (bicyclic) bond motifs is 2. The van der Waals surface area contributed by atoms with Crippen LogP contribution >= 0.6 is 11.6 Å². The van der Waals surface area contributed by atoms with Crippen molar-refractivity contribution < 1.29 is 17.9 Å². The molecule has 1 amide bonds. The monoisotopic (exact) mass is 930 g/mol. The number of nitrogens with zero attached hydrogens (tertiary/aromatic N) is 7. The summed E-state index contributed by atoms with van der Waals surface area (Å²) in [5.41, 5.74) is 8.14. The molecule has 10 rings (SSSR count). The third kappa shape index (κ3) is 9.21. The number of rotatable bonds is 13. The van der Waals surface area contributed by atoms with Gasteiger partial charge in [0.2, 0.25) is 0 Å². The first kappa shape index (κ1) is 44.2. The van der Waals surface area contributed by atoms with Crippen LogP contribution in [0.1, 0.15) is 61.9 Å². The van der Waals surface area contributed by atoms with Crippen molar-refractivity contribution in [3.05, 3.63) is 112 Å². The molecule has 3 saturated heterocycles. The van der Waals surface area contributed by atoms with E-state index in [1.807, 2.05) is 42.6 Å². The number of halogens is 1. The van der Waals surface area contributed by atoms with E-state index in [4.69, 9.17) is 21.3 Å². The van der Waals surface area contributed by atoms with Crippen LogP contribution in [0, 0.1) is 16.2 Å². The van der Waals surface area contributed by atoms with Crippen LogP contribution in [0.3, 0.4) is 0 Å². The number of aromatic nitrogens is 4. The number of amides is 1. The summed E-state index contributed by atoms with van der Waals surface area (Å²) in [4.78, 5) is 41.2. The minimum Gasteiger partial charge on any atom is -0.383 e. The molecule has 0 saturated carbocycles. The average Bonchev–Trinajstić information content (AvgIpc) is 3.94. The van der Waals surface area contributed by atoms with Crippen LogP contribution in [0.2, 0.25) is 5.02 Å². The molecule has 0 atom stereocenters. The van der Waals surface area contributed by atoms with Crippen molar-refractivity contribution in [1.82, 2.24) is 34.3 Å². The standard InChI is InChI=1S/C49H55ClN10O5S/c1-49(2)15-11-35(41(26-49)33-3-5-36(50)6-4-33)29-57-19-21-59(22-20-57)37-7-9-40(45(24-37)60-46-23-34-12-16-51-47(34)54-44(46)28-53-60)48(61)56-66(63,64)39-8-10-42(43(25-39)55-62)52-27-32-13-17-58(18-14-32)38-30-65-31-38/h3-10,12,16,23-25,28,32,38,52H,11,13-15,17-22,26-27,29-31H2,1-2H3,(H,51,54)(H,56,61). The number of hydrogen-bond donors (Lipinski definition) is 3. The molecular formula is C49H55ClN10O5S. The van der Waals surface area contributed by atoms with Crippen molar-refractivity contribution >= 4 is 72.2 Å². The Hall–Kier alpha value is -5.65. The van der Waals surface area contributed by atoms with Crippen molar-refractivity contribution in [3.8, 4) is 5.69 Å². The number of carbonyl (C=O) groups is 1. The van der Waals surface area contributed by atoms with Crippen molar-refractivity contribution in [2.24, 2.45) is 16.5 Å². The van der Waals surface area contributed by atoms with Gasteiger partial charge in [0, 0.05) is 61.6 Å². The normalized spacial score (nSPS) is 19.0. The predicted molar refractivity (Wildman–Crippen MR) is 259 cm³/mol. The number of ether oxygens (including phenoxy) is 1. The number of nitrogens with one attached hydrogen (secondary N) is 3. The van der Waals surface area contributed by atoms with Crippen LogP contribution in [0.15, 0.2) is 101 Å². The number of allylic oxidation sites excluding steroid dienone is 1. The number of H-pyrrole nitrogens is 1. The lowest BCUT2D eigenvalue weighted by molar-refractivity contribution is -0.0732. The zero-order chi connectivity index (χ0) is 45.6. The molecule has 4 aliphatic rings. The lowest BCUT2D eigenvalue weighted by Gasteiger charge is -2.41. The molecule has 66 heavy (non-hydrogen) atoms. The van der Waals surface area contributed by atoms with Gasteiger partial charge in [0.1, 0.15) is 16.9 Å². The first-order chi connectivity index (χ1) is 31.9. The van der Waals surface area contributed by atoms with E-state index in [-0.39, 0.29) is 21.6 Å². The van der Waals surface area contributed by atoms with E-state index in [9.17, 15) is 18.1 Å². The maximum atomic E-state index is 14.3. The molecule has 3 fully saturated rings. The molecule has 0 radical (unpaired) electrons. The van der Waals surface area contributed by atoms with Gasteiger partial charge in [-0.2, -0.15) is 5.10 Å². The summed E-state index contributed by atoms with van der Waals surface area (Å²) >= 11 is 6.27. The molecule has 344 valence electrons. The van der Waals surface area contributed by atoms with E-state index < -0.39 is 15.9 Å². The highest BCUT2D eigenvalue weighted by molar-refractivity contribution is 7.90. The molecule has 0 spiro atoms. The molecule has 6 aromatic rings. The summed E-state index contributed by atoms with van der Waals surface area (Å²) in [5, 5.41) is 12.8. The van der Waals surface area contributed by atoms with Crippen molar-refractivity contribution in [2.75, 3.05) is 75.8 Å². The van der Waals surface area contributed by atoms with E-state index in [1.54, 1.807) is 16.9 Å². The third-order valence-electron chi connectivity index (χ3n) is 14.0. The fourth-order valence-corrected chi connectivity index (χ4v) is 11.1. The zero-order valence-corrected chi connectivity index (χ0v) is 38.9. The van der Waals surface area contributed by atoms with Gasteiger partial charge in [-0.15, -0.1) is 4.91 Å². The summed E-state index contributed by atoms with van der Waals surface area (Å²) in [6.07, 6.45) is 8.70. The number of nitroso groups, excluding NO2 is 1. The van der Waals surface area contributed by atoms with Crippen molar-refractivity contribution in [1.29, 1.82) is 0 Å². The minimum atomic E-state index is -4.45. The van der Waals surface area contributed by atoms with Crippen molar-refractivity contribution in [2.45, 2.75) is 56.9 Å². The highest BCUT2D eigenvalue weighted by atomic mass is 35.5. The fourth-order valence-electron chi connectivity index (χ4n) is 9.95. The second kappa shape index (κ2) is 18.2. The molecule has 3 aromatic carbocycles. The summed E-state index contributed by atoms with van der Waals surface area (Å²) < 4.78 is 37.1. The Labute approximate surface area is 389 Å². The van der Waals surface area contributed by atoms with Crippen LogP contribution in [-0.4, -0.2) is 115 Å². The molecule has 1 aliphatic carbocycles. The Bertz CT molecular complexity index is 2930. The largest absolute Gasteiger partial charge is 0.383 e. The number of carbonyl (C=O) groups excluding carboxylic acids is 1. The molecule has 0 unspecified atom stereocenters. The van der Waals surface area contributed by atoms with Crippen molar-refractivity contribution in [3.63, 3.8) is 0 Å². The van der Waals surface area contributed by atoms with E-state index >= 15 is 0 Å². The SMILES string of the molecule is CC1(C)CCC(CN2CCN(c3ccc(C(=O)NS(=O)(=O)c4ccc(NCC5CCN(C6COC6)CC5)c(N=O)c4)c(-n4ncc5nc6[nH]ccc6cc54)c3)CC2)=C(c2ccc(Cl)cc2)C1. The van der Waals surface area contributed by atoms with Gasteiger partial charge in [0.25, 0.3) is 15.9 Å². The maximum absolute atomic E-state index is 14.3. The number of piperazine rings is 1. The molecule has 3 aliphatic heterocycles. The molecular weight excluding hydrogens is 876 g/mol. The molecule has 15 nitrogen and oxygen atoms in total. The number of piperidine rings is 1. The molecule has 6 heterocycles. The molecule has 3 N–H and O–H groups in total. The second-order valence-corrected chi connectivity index (χ2v) is 21.1. The number of sulfonamides is 1. The fraction of sp³-hybridized carbons (Fsp3) is 0.408. The number of likely N-dealkylation sites (tertiary alicyclic amines) is 1. The van der Waals surface area contributed by atoms with E-state index in [0.717, 1.165) is 107 Å². The predicted octanol–water partition coefficient (Wildman–Crippen LogP) is 8.38. The van der Waals surface area contributed by atoms with Crippen LogP contribution in [0.25, 0.3) is 33.3 Å². The number of pyridine rings is 1. The average molecular weight is 932 g/mol. The Morgan fingerprint density at radius 1 is 0.970 bits per heavy atom. The van der Waals surface area contributed by atoms with Gasteiger partial charge in [-0.25, -0.2) is 22.8 Å². The Kier molecular flexibility index (Phi) is 12.2. The number of aromatic amines is 1. The Balaban J connectivity index is 0.873. The van der Waals surface area contributed by atoms with Gasteiger partial charge in [0.05, 0.1) is 52.8 Å². The van der Waals surface area contributed by atoms with Gasteiger partial charge < -0.3 is 19.9 Å². The van der Waals surface area contributed by atoms with E-state index in [1.165, 1.54) is 34.9 Å². The van der Waals surface area contributed by atoms with E-state index in [2.05, 4.69) is 66.0 Å². The number of anilines is 2. The summed E-state index contributed by atoms with van der Waals surface area (Å²) in [6.45, 7) is 13.0. The van der Waals surface area contributed by atoms with Gasteiger partial charge in [-0.3, -0.25) is 14.6 Å². The summed E-state index contributed by atoms with van der Waals surface area (Å²) in [6, 6.07) is 22.1. The number of hydrogen-bond acceptors (Lipinski definition) is 12. The van der Waals surface area contributed by atoms with Gasteiger partial charge >= 0.3 is 0 Å². The topological polar surface area (TPSA) is 170 Å². The van der Waals surface area contributed by atoms with Crippen LogP contribution in [0.4, 0.5) is 17.1 Å². The van der Waals surface area contributed by atoms with Crippen LogP contribution in [-0.2, 0) is 14.8 Å². The quantitative estimate of drug-likeness (QED) is 0.0952. The smallest absolute Gasteiger partial charge is 0.267 e. The van der Waals surface area contributed by atoms with Crippen LogP contribution < -0.4 is 14.9 Å². The molecule has 0 bridgehead atoms. The Morgan fingerprint density at radius 3 is 2.50 bits per heavy atom. The second-order valence-electron chi connectivity index (χ2n) is 19.0. The van der Waals surface area contributed by atoms with Gasteiger partial charge in [-0.1, -0.05) is 43.2 Å². The molecule has 17 heteroatoms. The maximum Gasteiger partial charge on any atom is 0.267 e. The Morgan fingerprint density at radius 2 is 1.76 bits per heavy atom. The van der Waals surface area contributed by atoms with Crippen LogP contribution in [0.5, 0.6) is 0 Å². The number of benzene rings is 3. The van der Waals surface area contributed by atoms with E-state index in [0.29, 0.717) is 46.6 Å². The minimum absolute atomic E-state index is 0.0486. The first-order valence-corrected chi connectivity index (χ1v) is 24.8.